The first-order chi connectivity index (χ1) is 10.0. The van der Waals surface area contributed by atoms with E-state index in [9.17, 15) is 0 Å². The maximum Gasteiger partial charge on any atom is 0.203 e. The lowest BCUT2D eigenvalue weighted by atomic mass is 10.1. The van der Waals surface area contributed by atoms with Gasteiger partial charge in [-0.3, -0.25) is 0 Å². The van der Waals surface area contributed by atoms with Gasteiger partial charge in [0.25, 0.3) is 0 Å². The Morgan fingerprint density at radius 2 is 1.81 bits per heavy atom. The topological polar surface area (TPSA) is 56.3 Å². The fourth-order valence-corrected chi connectivity index (χ4v) is 2.71. The van der Waals surface area contributed by atoms with Gasteiger partial charge in [0.15, 0.2) is 11.5 Å². The third-order valence-corrected chi connectivity index (χ3v) is 3.87. The maximum atomic E-state index is 5.33. The van der Waals surface area contributed by atoms with Crippen LogP contribution in [0.4, 0.5) is 5.13 Å². The van der Waals surface area contributed by atoms with Crippen molar-refractivity contribution >= 4 is 16.7 Å². The van der Waals surface area contributed by atoms with Gasteiger partial charge in [0.2, 0.25) is 5.13 Å². The summed E-state index contributed by atoms with van der Waals surface area (Å²) in [5, 5.41) is 4.21. The molecule has 1 aromatic carbocycles. The van der Waals surface area contributed by atoms with Crippen molar-refractivity contribution in [1.29, 1.82) is 0 Å². The molecule has 1 unspecified atom stereocenters. The minimum Gasteiger partial charge on any atom is -0.493 e. The maximum absolute atomic E-state index is 5.33. The fourth-order valence-electron chi connectivity index (χ4n) is 1.92. The van der Waals surface area contributed by atoms with Crippen molar-refractivity contribution in [1.82, 2.24) is 9.36 Å². The Labute approximate surface area is 129 Å². The quantitative estimate of drug-likeness (QED) is 0.878. The Kier molecular flexibility index (Phi) is 5.01. The van der Waals surface area contributed by atoms with E-state index in [2.05, 4.69) is 35.4 Å². The Morgan fingerprint density at radius 3 is 2.38 bits per heavy atom. The van der Waals surface area contributed by atoms with Gasteiger partial charge in [-0.15, -0.1) is 0 Å². The highest BCUT2D eigenvalue weighted by atomic mass is 32.1. The summed E-state index contributed by atoms with van der Waals surface area (Å²) in [5.74, 6) is 2.67. The molecular formula is C15H21N3O2S. The Balaban J connectivity index is 2.13. The highest BCUT2D eigenvalue weighted by molar-refractivity contribution is 7.09. The van der Waals surface area contributed by atoms with Gasteiger partial charge in [0, 0.05) is 17.5 Å². The van der Waals surface area contributed by atoms with Crippen LogP contribution in [0, 0.1) is 0 Å². The van der Waals surface area contributed by atoms with Crippen molar-refractivity contribution < 1.29 is 9.47 Å². The molecule has 0 aliphatic heterocycles. The molecule has 1 atom stereocenters. The van der Waals surface area contributed by atoms with E-state index < -0.39 is 0 Å². The zero-order valence-corrected chi connectivity index (χ0v) is 13.8. The lowest BCUT2D eigenvalue weighted by Crippen LogP contribution is -2.07. The van der Waals surface area contributed by atoms with Gasteiger partial charge in [-0.25, -0.2) is 4.98 Å². The number of hydrogen-bond acceptors (Lipinski definition) is 6. The monoisotopic (exact) mass is 307 g/mol. The van der Waals surface area contributed by atoms with Crippen LogP contribution in [0.25, 0.3) is 0 Å². The minimum absolute atomic E-state index is 0.109. The van der Waals surface area contributed by atoms with Crippen LogP contribution in [-0.2, 0) is 0 Å². The van der Waals surface area contributed by atoms with Crippen molar-refractivity contribution in [2.45, 2.75) is 32.7 Å². The van der Waals surface area contributed by atoms with Gasteiger partial charge >= 0.3 is 0 Å². The number of hydrogen-bond donors (Lipinski definition) is 1. The standard InChI is InChI=1S/C15H21N3O2S/c1-9(2)14-17-15(21-18-14)16-10(3)11-6-7-12(19-4)13(8-11)20-5/h6-10H,1-5H3,(H,16,17,18). The molecule has 21 heavy (non-hydrogen) atoms. The summed E-state index contributed by atoms with van der Waals surface area (Å²) in [6.07, 6.45) is 0. The van der Waals surface area contributed by atoms with E-state index in [0.717, 1.165) is 28.0 Å². The number of rotatable bonds is 6. The number of benzene rings is 1. The lowest BCUT2D eigenvalue weighted by molar-refractivity contribution is 0.354. The molecule has 0 spiro atoms. The highest BCUT2D eigenvalue weighted by Gasteiger charge is 2.13. The number of nitrogens with zero attached hydrogens (tertiary/aromatic N) is 2. The molecule has 114 valence electrons. The second-order valence-corrected chi connectivity index (χ2v) is 5.84. The summed E-state index contributed by atoms with van der Waals surface area (Å²) in [6, 6.07) is 6.01. The fraction of sp³-hybridized carbons (Fsp3) is 0.467. The van der Waals surface area contributed by atoms with E-state index >= 15 is 0 Å². The molecule has 1 aromatic heterocycles. The number of anilines is 1. The van der Waals surface area contributed by atoms with Crippen LogP contribution >= 0.6 is 11.5 Å². The van der Waals surface area contributed by atoms with E-state index in [0.29, 0.717) is 5.92 Å². The molecule has 0 saturated carbocycles. The number of ether oxygens (including phenoxy) is 2. The normalized spacial score (nSPS) is 12.3. The summed E-state index contributed by atoms with van der Waals surface area (Å²) in [6.45, 7) is 6.25. The second kappa shape index (κ2) is 6.76. The first kappa shape index (κ1) is 15.6. The first-order valence-electron chi connectivity index (χ1n) is 6.87. The number of nitrogens with one attached hydrogen (secondary N) is 1. The average molecular weight is 307 g/mol. The van der Waals surface area contributed by atoms with Crippen LogP contribution in [0.3, 0.4) is 0 Å². The van der Waals surface area contributed by atoms with E-state index in [1.54, 1.807) is 14.2 Å². The zero-order valence-electron chi connectivity index (χ0n) is 13.0. The van der Waals surface area contributed by atoms with Gasteiger partial charge < -0.3 is 14.8 Å². The van der Waals surface area contributed by atoms with Crippen molar-refractivity contribution in [3.8, 4) is 11.5 Å². The van der Waals surface area contributed by atoms with E-state index in [1.807, 2.05) is 18.2 Å². The van der Waals surface area contributed by atoms with Gasteiger partial charge in [-0.1, -0.05) is 19.9 Å². The smallest absolute Gasteiger partial charge is 0.203 e. The average Bonchev–Trinajstić information content (AvgIpc) is 2.95. The molecule has 1 N–H and O–H groups in total. The summed E-state index contributed by atoms with van der Waals surface area (Å²) in [5.41, 5.74) is 1.11. The van der Waals surface area contributed by atoms with Crippen LogP contribution in [0.15, 0.2) is 18.2 Å². The van der Waals surface area contributed by atoms with Crippen LogP contribution in [-0.4, -0.2) is 23.6 Å². The van der Waals surface area contributed by atoms with Crippen molar-refractivity contribution in [3.05, 3.63) is 29.6 Å². The summed E-state index contributed by atoms with van der Waals surface area (Å²) < 4.78 is 14.9. The number of aromatic nitrogens is 2. The predicted octanol–water partition coefficient (Wildman–Crippen LogP) is 3.85. The molecule has 0 amide bonds. The van der Waals surface area contributed by atoms with Crippen molar-refractivity contribution in [3.63, 3.8) is 0 Å². The molecule has 0 bridgehead atoms. The first-order valence-corrected chi connectivity index (χ1v) is 7.64. The van der Waals surface area contributed by atoms with E-state index in [-0.39, 0.29) is 6.04 Å². The molecule has 5 nitrogen and oxygen atoms in total. The Morgan fingerprint density at radius 1 is 1.10 bits per heavy atom. The third-order valence-electron chi connectivity index (χ3n) is 3.21. The second-order valence-electron chi connectivity index (χ2n) is 5.09. The highest BCUT2D eigenvalue weighted by Crippen LogP contribution is 2.31. The van der Waals surface area contributed by atoms with Crippen LogP contribution in [0.5, 0.6) is 11.5 Å². The summed E-state index contributed by atoms with van der Waals surface area (Å²) in [7, 11) is 3.27. The molecule has 0 fully saturated rings. The SMILES string of the molecule is COc1ccc(C(C)Nc2nc(C(C)C)ns2)cc1OC. The molecule has 0 aliphatic rings. The van der Waals surface area contributed by atoms with Gasteiger partial charge in [-0.2, -0.15) is 4.37 Å². The summed E-state index contributed by atoms with van der Waals surface area (Å²) >= 11 is 1.39. The molecule has 0 aliphatic carbocycles. The number of methoxy groups -OCH3 is 2. The van der Waals surface area contributed by atoms with Crippen molar-refractivity contribution in [2.75, 3.05) is 19.5 Å². The largest absolute Gasteiger partial charge is 0.493 e. The molecule has 6 heteroatoms. The molecule has 0 radical (unpaired) electrons. The molecular weight excluding hydrogens is 286 g/mol. The molecule has 2 aromatic rings. The van der Waals surface area contributed by atoms with Crippen LogP contribution in [0.2, 0.25) is 0 Å². The third kappa shape index (κ3) is 3.64. The molecule has 0 saturated heterocycles. The van der Waals surface area contributed by atoms with Crippen LogP contribution < -0.4 is 14.8 Å². The van der Waals surface area contributed by atoms with Gasteiger partial charge in [0.1, 0.15) is 5.82 Å². The molecule has 2 rings (SSSR count). The van der Waals surface area contributed by atoms with Crippen LogP contribution in [0.1, 0.15) is 44.1 Å². The Bertz CT molecular complexity index is 598. The van der Waals surface area contributed by atoms with E-state index in [4.69, 9.17) is 9.47 Å². The van der Waals surface area contributed by atoms with Gasteiger partial charge in [-0.05, 0) is 24.6 Å². The summed E-state index contributed by atoms with van der Waals surface area (Å²) in [4.78, 5) is 4.49. The van der Waals surface area contributed by atoms with Crippen molar-refractivity contribution in [2.24, 2.45) is 0 Å². The molecule has 1 heterocycles. The predicted molar refractivity (Wildman–Crippen MR) is 85.6 cm³/mol. The van der Waals surface area contributed by atoms with Gasteiger partial charge in [0.05, 0.1) is 20.3 Å². The zero-order chi connectivity index (χ0) is 15.4. The lowest BCUT2D eigenvalue weighted by Gasteiger charge is -2.15. The van der Waals surface area contributed by atoms with E-state index in [1.165, 1.54) is 11.5 Å². The Hall–Kier alpha value is -1.82. The minimum atomic E-state index is 0.109.